The molecule has 0 spiro atoms. The summed E-state index contributed by atoms with van der Waals surface area (Å²) in [5.41, 5.74) is 5.28. The lowest BCUT2D eigenvalue weighted by Gasteiger charge is -2.25. The number of aromatic carboxylic acids is 1. The number of alkyl carbamates (subject to hydrolysis) is 1. The molecule has 0 saturated carbocycles. The Morgan fingerprint density at radius 1 is 0.881 bits per heavy atom. The molecule has 1 aliphatic rings. The average molecular weight is 585 g/mol. The number of carboxylic acids is 1. The number of halogens is 1. The summed E-state index contributed by atoms with van der Waals surface area (Å²) in [4.78, 5) is 38.0. The minimum atomic E-state index is -1.23. The molecule has 5 rings (SSSR count). The quantitative estimate of drug-likeness (QED) is 0.196. The van der Waals surface area contributed by atoms with Gasteiger partial charge in [0.2, 0.25) is 5.91 Å². The standard InChI is InChI=1S/C33H29ClN2O6/c1-20(41-18-21-9-3-2-4-10-21)30(31(37)35-22-15-16-29(34)27(17-22)32(38)39)36-33(40)42-19-28-25-13-7-5-11-23(25)24-12-6-8-14-26(24)28/h2-17,20,28,30H,18-19H2,1H3,(H,35,37)(H,36,40)(H,38,39)/t20-,30+/m0/s1. The largest absolute Gasteiger partial charge is 0.478 e. The molecule has 4 aromatic carbocycles. The number of carboxylic acid groups (broad SMARTS) is 1. The molecular formula is C33H29ClN2O6. The van der Waals surface area contributed by atoms with E-state index in [9.17, 15) is 19.5 Å². The predicted octanol–water partition coefficient (Wildman–Crippen LogP) is 6.49. The molecule has 2 atom stereocenters. The second-order valence-electron chi connectivity index (χ2n) is 9.94. The molecule has 0 aromatic heterocycles. The molecule has 0 saturated heterocycles. The van der Waals surface area contributed by atoms with Gasteiger partial charge in [0, 0.05) is 11.6 Å². The van der Waals surface area contributed by atoms with E-state index in [0.29, 0.717) is 0 Å². The van der Waals surface area contributed by atoms with Crippen molar-refractivity contribution in [2.24, 2.45) is 0 Å². The van der Waals surface area contributed by atoms with Gasteiger partial charge in [0.15, 0.2) is 0 Å². The van der Waals surface area contributed by atoms with E-state index in [0.717, 1.165) is 27.8 Å². The van der Waals surface area contributed by atoms with Crippen LogP contribution >= 0.6 is 11.6 Å². The van der Waals surface area contributed by atoms with Crippen LogP contribution in [0, 0.1) is 0 Å². The van der Waals surface area contributed by atoms with Gasteiger partial charge in [-0.15, -0.1) is 0 Å². The first kappa shape index (κ1) is 28.9. The lowest BCUT2D eigenvalue weighted by atomic mass is 9.98. The van der Waals surface area contributed by atoms with Gasteiger partial charge in [0.05, 0.1) is 23.3 Å². The van der Waals surface area contributed by atoms with Crippen LogP contribution in [0.3, 0.4) is 0 Å². The van der Waals surface area contributed by atoms with E-state index in [1.165, 1.54) is 18.2 Å². The molecule has 0 radical (unpaired) electrons. The fourth-order valence-electron chi connectivity index (χ4n) is 5.05. The summed E-state index contributed by atoms with van der Waals surface area (Å²) in [6.07, 6.45) is -1.55. The van der Waals surface area contributed by atoms with Gasteiger partial charge < -0.3 is 25.2 Å². The van der Waals surface area contributed by atoms with Gasteiger partial charge in [0.1, 0.15) is 12.6 Å². The molecule has 9 heteroatoms. The number of carbonyl (C=O) groups is 3. The summed E-state index contributed by atoms with van der Waals surface area (Å²) >= 11 is 5.97. The summed E-state index contributed by atoms with van der Waals surface area (Å²) in [6.45, 7) is 1.95. The number of nitrogens with one attached hydrogen (secondary N) is 2. The minimum Gasteiger partial charge on any atom is -0.478 e. The van der Waals surface area contributed by atoms with E-state index in [-0.39, 0.29) is 35.4 Å². The summed E-state index contributed by atoms with van der Waals surface area (Å²) < 4.78 is 11.6. The number of fused-ring (bicyclic) bond motifs is 3. The van der Waals surface area contributed by atoms with E-state index < -0.39 is 30.1 Å². The van der Waals surface area contributed by atoms with Crippen molar-refractivity contribution in [1.82, 2.24) is 5.32 Å². The summed E-state index contributed by atoms with van der Waals surface area (Å²) in [7, 11) is 0. The Hall–Kier alpha value is -4.66. The van der Waals surface area contributed by atoms with Crippen LogP contribution in [-0.2, 0) is 20.9 Å². The number of benzene rings is 4. The van der Waals surface area contributed by atoms with Gasteiger partial charge in [-0.3, -0.25) is 4.79 Å². The molecule has 0 heterocycles. The fourth-order valence-corrected chi connectivity index (χ4v) is 5.25. The molecule has 8 nitrogen and oxygen atoms in total. The van der Waals surface area contributed by atoms with Crippen LogP contribution in [0.2, 0.25) is 5.02 Å². The smallest absolute Gasteiger partial charge is 0.407 e. The summed E-state index contributed by atoms with van der Waals surface area (Å²) in [5.74, 6) is -1.99. The van der Waals surface area contributed by atoms with Gasteiger partial charge in [0.25, 0.3) is 0 Å². The van der Waals surface area contributed by atoms with Crippen LogP contribution in [0.5, 0.6) is 0 Å². The molecule has 0 fully saturated rings. The highest BCUT2D eigenvalue weighted by molar-refractivity contribution is 6.33. The van der Waals surface area contributed by atoms with Gasteiger partial charge in [-0.05, 0) is 52.9 Å². The maximum Gasteiger partial charge on any atom is 0.407 e. The number of carbonyl (C=O) groups excluding carboxylic acids is 2. The first-order valence-electron chi connectivity index (χ1n) is 13.4. The van der Waals surface area contributed by atoms with E-state index >= 15 is 0 Å². The Balaban J connectivity index is 1.30. The predicted molar refractivity (Wildman–Crippen MR) is 160 cm³/mol. The first-order chi connectivity index (χ1) is 20.3. The molecule has 0 bridgehead atoms. The average Bonchev–Trinajstić information content (AvgIpc) is 3.32. The van der Waals surface area contributed by atoms with Crippen molar-refractivity contribution in [3.8, 4) is 11.1 Å². The molecule has 2 amide bonds. The van der Waals surface area contributed by atoms with Crippen LogP contribution in [-0.4, -0.2) is 41.8 Å². The third-order valence-corrected chi connectivity index (χ3v) is 7.52. The summed E-state index contributed by atoms with van der Waals surface area (Å²) in [5, 5.41) is 14.7. The van der Waals surface area contributed by atoms with Crippen LogP contribution in [0.1, 0.15) is 39.9 Å². The Kier molecular flexibility index (Phi) is 8.85. The van der Waals surface area contributed by atoms with Gasteiger partial charge >= 0.3 is 12.1 Å². The number of amides is 2. The molecule has 4 aromatic rings. The van der Waals surface area contributed by atoms with E-state index in [2.05, 4.69) is 10.6 Å². The van der Waals surface area contributed by atoms with E-state index in [4.69, 9.17) is 21.1 Å². The zero-order valence-corrected chi connectivity index (χ0v) is 23.5. The Morgan fingerprint density at radius 2 is 1.50 bits per heavy atom. The zero-order chi connectivity index (χ0) is 29.6. The number of anilines is 1. The Labute approximate surface area is 248 Å². The van der Waals surface area contributed by atoms with Crippen molar-refractivity contribution in [1.29, 1.82) is 0 Å². The topological polar surface area (TPSA) is 114 Å². The number of hydrogen-bond acceptors (Lipinski definition) is 5. The molecule has 3 N–H and O–H groups in total. The number of hydrogen-bond donors (Lipinski definition) is 3. The minimum absolute atomic E-state index is 0.0355. The maximum atomic E-state index is 13.4. The third kappa shape index (κ3) is 6.46. The lowest BCUT2D eigenvalue weighted by molar-refractivity contribution is -0.121. The second kappa shape index (κ2) is 12.9. The Bertz CT molecular complexity index is 1560. The number of ether oxygens (including phenoxy) is 2. The molecule has 0 aliphatic heterocycles. The molecule has 1 aliphatic carbocycles. The highest BCUT2D eigenvalue weighted by atomic mass is 35.5. The van der Waals surface area contributed by atoms with Crippen molar-refractivity contribution in [2.45, 2.75) is 31.6 Å². The van der Waals surface area contributed by atoms with Gasteiger partial charge in [-0.1, -0.05) is 90.5 Å². The normalized spacial score (nSPS) is 13.4. The van der Waals surface area contributed by atoms with Crippen molar-refractivity contribution >= 4 is 35.3 Å². The molecule has 0 unspecified atom stereocenters. The highest BCUT2D eigenvalue weighted by Gasteiger charge is 2.32. The van der Waals surface area contributed by atoms with Crippen LogP contribution in [0.25, 0.3) is 11.1 Å². The number of rotatable bonds is 10. The van der Waals surface area contributed by atoms with E-state index in [1.807, 2.05) is 78.9 Å². The third-order valence-electron chi connectivity index (χ3n) is 7.19. The zero-order valence-electron chi connectivity index (χ0n) is 22.8. The SMILES string of the molecule is C[C@H](OCc1ccccc1)[C@@H](NC(=O)OCC1c2ccccc2-c2ccccc21)C(=O)Nc1ccc(Cl)c(C(=O)O)c1. The van der Waals surface area contributed by atoms with Crippen molar-refractivity contribution < 1.29 is 29.0 Å². The Morgan fingerprint density at radius 3 is 2.14 bits per heavy atom. The first-order valence-corrected chi connectivity index (χ1v) is 13.8. The van der Waals surface area contributed by atoms with Gasteiger partial charge in [-0.2, -0.15) is 0 Å². The summed E-state index contributed by atoms with van der Waals surface area (Å²) in [6, 6.07) is 28.4. The monoisotopic (exact) mass is 584 g/mol. The second-order valence-corrected chi connectivity index (χ2v) is 10.3. The van der Waals surface area contributed by atoms with Gasteiger partial charge in [-0.25, -0.2) is 9.59 Å². The maximum absolute atomic E-state index is 13.4. The van der Waals surface area contributed by atoms with Crippen molar-refractivity contribution in [3.05, 3.63) is 124 Å². The van der Waals surface area contributed by atoms with Crippen LogP contribution in [0.4, 0.5) is 10.5 Å². The van der Waals surface area contributed by atoms with E-state index in [1.54, 1.807) is 6.92 Å². The molecule has 214 valence electrons. The van der Waals surface area contributed by atoms with Crippen LogP contribution < -0.4 is 10.6 Å². The molecular weight excluding hydrogens is 556 g/mol. The highest BCUT2D eigenvalue weighted by Crippen LogP contribution is 2.44. The van der Waals surface area contributed by atoms with Crippen LogP contribution in [0.15, 0.2) is 97.1 Å². The lowest BCUT2D eigenvalue weighted by Crippen LogP contribution is -2.51. The molecule has 42 heavy (non-hydrogen) atoms. The fraction of sp³-hybridized carbons (Fsp3) is 0.182. The van der Waals surface area contributed by atoms with Crippen molar-refractivity contribution in [3.63, 3.8) is 0 Å². The van der Waals surface area contributed by atoms with Crippen molar-refractivity contribution in [2.75, 3.05) is 11.9 Å².